The molecule has 7 heteroatoms. The van der Waals surface area contributed by atoms with Crippen LogP contribution in [0, 0.1) is 0 Å². The molecule has 2 atom stereocenters. The number of amides is 1. The quantitative estimate of drug-likeness (QED) is 0.830. The Kier molecular flexibility index (Phi) is 3.61. The van der Waals surface area contributed by atoms with Crippen molar-refractivity contribution in [1.29, 1.82) is 0 Å². The Bertz CT molecular complexity index is 931. The Balaban J connectivity index is 1.88. The van der Waals surface area contributed by atoms with Gasteiger partial charge in [0.2, 0.25) is 0 Å². The monoisotopic (exact) mass is 342 g/mol. The van der Waals surface area contributed by atoms with Gasteiger partial charge in [0.05, 0.1) is 29.8 Å². The number of fused-ring (bicyclic) bond motifs is 1. The van der Waals surface area contributed by atoms with E-state index in [0.29, 0.717) is 23.6 Å². The zero-order valence-corrected chi connectivity index (χ0v) is 13.5. The van der Waals surface area contributed by atoms with Crippen LogP contribution < -0.4 is 5.43 Å². The summed E-state index contributed by atoms with van der Waals surface area (Å²) >= 11 is 0. The number of carbonyl (C=O) groups is 2. The Hall–Kier alpha value is -2.67. The van der Waals surface area contributed by atoms with Crippen LogP contribution in [0.3, 0.4) is 0 Å². The summed E-state index contributed by atoms with van der Waals surface area (Å²) in [5.41, 5.74) is 1.28. The van der Waals surface area contributed by atoms with E-state index >= 15 is 0 Å². The highest BCUT2D eigenvalue weighted by Crippen LogP contribution is 2.38. The summed E-state index contributed by atoms with van der Waals surface area (Å²) in [7, 11) is 0. The van der Waals surface area contributed by atoms with Crippen molar-refractivity contribution in [1.82, 2.24) is 9.47 Å². The maximum Gasteiger partial charge on any atom is 0.407 e. The Morgan fingerprint density at radius 3 is 2.68 bits per heavy atom. The molecule has 4 rings (SSSR count). The molecule has 1 saturated heterocycles. The molecule has 2 fully saturated rings. The number of aromatic nitrogens is 1. The SMILES string of the molecule is O=Cc1cn(C2CC2)c2cc(C3C[C@@H](O)CN3C(=O)O)ccc2c1=O. The lowest BCUT2D eigenvalue weighted by Gasteiger charge is -2.22. The van der Waals surface area contributed by atoms with Crippen molar-refractivity contribution in [2.24, 2.45) is 0 Å². The summed E-state index contributed by atoms with van der Waals surface area (Å²) in [5.74, 6) is 0. The Labute approximate surface area is 143 Å². The standard InChI is InChI=1S/C18H18N2O5/c21-9-11-7-19(12-2-3-12)16-5-10(1-4-14(16)17(11)23)15-6-13(22)8-20(15)18(24)25/h1,4-5,7,9,12-13,15,22H,2-3,6,8H2,(H,24,25)/t13-,15?/m1/s1. The van der Waals surface area contributed by atoms with Gasteiger partial charge in [-0.15, -0.1) is 0 Å². The zero-order chi connectivity index (χ0) is 17.7. The molecule has 1 saturated carbocycles. The van der Waals surface area contributed by atoms with Gasteiger partial charge in [0, 0.05) is 17.6 Å². The third kappa shape index (κ3) is 2.60. The molecule has 25 heavy (non-hydrogen) atoms. The predicted octanol–water partition coefficient (Wildman–Crippen LogP) is 1.93. The summed E-state index contributed by atoms with van der Waals surface area (Å²) in [6.07, 6.45) is 2.72. The van der Waals surface area contributed by atoms with Gasteiger partial charge in [0.25, 0.3) is 0 Å². The van der Waals surface area contributed by atoms with E-state index in [2.05, 4.69) is 0 Å². The average molecular weight is 342 g/mol. The van der Waals surface area contributed by atoms with Gasteiger partial charge in [0.15, 0.2) is 11.7 Å². The number of aldehydes is 1. The molecule has 1 amide bonds. The van der Waals surface area contributed by atoms with Crippen molar-refractivity contribution in [3.63, 3.8) is 0 Å². The number of carboxylic acid groups (broad SMARTS) is 1. The molecular weight excluding hydrogens is 324 g/mol. The van der Waals surface area contributed by atoms with Gasteiger partial charge >= 0.3 is 6.09 Å². The van der Waals surface area contributed by atoms with E-state index in [1.54, 1.807) is 18.3 Å². The molecule has 0 bridgehead atoms. The predicted molar refractivity (Wildman–Crippen MR) is 90.0 cm³/mol. The summed E-state index contributed by atoms with van der Waals surface area (Å²) in [6, 6.07) is 5.02. The molecule has 2 heterocycles. The van der Waals surface area contributed by atoms with E-state index in [1.807, 2.05) is 10.6 Å². The molecule has 130 valence electrons. The molecule has 2 aromatic rings. The lowest BCUT2D eigenvalue weighted by Crippen LogP contribution is -2.30. The lowest BCUT2D eigenvalue weighted by molar-refractivity contribution is 0.112. The van der Waals surface area contributed by atoms with Crippen LogP contribution in [-0.4, -0.2) is 44.7 Å². The highest BCUT2D eigenvalue weighted by atomic mass is 16.4. The van der Waals surface area contributed by atoms with Crippen LogP contribution in [0.5, 0.6) is 0 Å². The molecular formula is C18H18N2O5. The van der Waals surface area contributed by atoms with Crippen molar-refractivity contribution >= 4 is 23.3 Å². The maximum atomic E-state index is 12.4. The summed E-state index contributed by atoms with van der Waals surface area (Å²) in [4.78, 5) is 36.3. The first kappa shape index (κ1) is 15.8. The summed E-state index contributed by atoms with van der Waals surface area (Å²) in [5, 5.41) is 19.7. The average Bonchev–Trinajstić information content (AvgIpc) is 3.36. The minimum absolute atomic E-state index is 0.0809. The molecule has 7 nitrogen and oxygen atoms in total. The van der Waals surface area contributed by atoms with Gasteiger partial charge in [0.1, 0.15) is 0 Å². The second-order valence-electron chi connectivity index (χ2n) is 6.79. The smallest absolute Gasteiger partial charge is 0.407 e. The van der Waals surface area contributed by atoms with Crippen LogP contribution >= 0.6 is 0 Å². The van der Waals surface area contributed by atoms with Crippen molar-refractivity contribution in [2.75, 3.05) is 6.54 Å². The van der Waals surface area contributed by atoms with Crippen LogP contribution in [0.1, 0.15) is 47.3 Å². The molecule has 0 radical (unpaired) electrons. The van der Waals surface area contributed by atoms with Gasteiger partial charge in [-0.1, -0.05) is 6.07 Å². The van der Waals surface area contributed by atoms with E-state index in [1.165, 1.54) is 4.90 Å². The first-order valence-corrected chi connectivity index (χ1v) is 8.31. The Morgan fingerprint density at radius 1 is 1.28 bits per heavy atom. The van der Waals surface area contributed by atoms with E-state index in [0.717, 1.165) is 18.4 Å². The molecule has 1 aliphatic carbocycles. The number of pyridine rings is 1. The van der Waals surface area contributed by atoms with Gasteiger partial charge in [-0.25, -0.2) is 4.79 Å². The van der Waals surface area contributed by atoms with E-state index in [9.17, 15) is 24.6 Å². The molecule has 1 aromatic carbocycles. The fourth-order valence-corrected chi connectivity index (χ4v) is 3.68. The molecule has 2 aliphatic rings. The van der Waals surface area contributed by atoms with Gasteiger partial charge < -0.3 is 14.8 Å². The zero-order valence-electron chi connectivity index (χ0n) is 13.5. The van der Waals surface area contributed by atoms with Crippen molar-refractivity contribution in [2.45, 2.75) is 37.5 Å². The highest BCUT2D eigenvalue weighted by Gasteiger charge is 2.35. The van der Waals surface area contributed by atoms with E-state index in [-0.39, 0.29) is 23.6 Å². The topological polar surface area (TPSA) is 99.8 Å². The first-order valence-electron chi connectivity index (χ1n) is 8.31. The number of carbonyl (C=O) groups excluding carboxylic acids is 1. The molecule has 1 aliphatic heterocycles. The summed E-state index contributed by atoms with van der Waals surface area (Å²) < 4.78 is 1.94. The van der Waals surface area contributed by atoms with Crippen LogP contribution in [0.15, 0.2) is 29.2 Å². The fourth-order valence-electron chi connectivity index (χ4n) is 3.68. The van der Waals surface area contributed by atoms with E-state index < -0.39 is 18.2 Å². The second kappa shape index (κ2) is 5.70. The molecule has 1 unspecified atom stereocenters. The third-order valence-electron chi connectivity index (χ3n) is 5.06. The second-order valence-corrected chi connectivity index (χ2v) is 6.79. The number of aliphatic hydroxyl groups is 1. The number of aliphatic hydroxyl groups excluding tert-OH is 1. The maximum absolute atomic E-state index is 12.4. The highest BCUT2D eigenvalue weighted by molar-refractivity contribution is 5.87. The van der Waals surface area contributed by atoms with Crippen molar-refractivity contribution < 1.29 is 19.8 Å². The number of benzene rings is 1. The normalized spacial score (nSPS) is 23.2. The van der Waals surface area contributed by atoms with Gasteiger partial charge in [-0.3, -0.25) is 14.5 Å². The van der Waals surface area contributed by atoms with Crippen LogP contribution in [0.2, 0.25) is 0 Å². The van der Waals surface area contributed by atoms with Crippen molar-refractivity contribution in [3.05, 3.63) is 45.7 Å². The fraction of sp³-hybridized carbons (Fsp3) is 0.389. The number of hydrogen-bond acceptors (Lipinski definition) is 4. The number of hydrogen-bond donors (Lipinski definition) is 2. The molecule has 2 N–H and O–H groups in total. The Morgan fingerprint density at radius 2 is 2.04 bits per heavy atom. The van der Waals surface area contributed by atoms with Gasteiger partial charge in [-0.05, 0) is 37.0 Å². The van der Waals surface area contributed by atoms with Crippen LogP contribution in [-0.2, 0) is 0 Å². The van der Waals surface area contributed by atoms with Crippen LogP contribution in [0.25, 0.3) is 10.9 Å². The lowest BCUT2D eigenvalue weighted by atomic mass is 10.0. The molecule has 1 aromatic heterocycles. The summed E-state index contributed by atoms with van der Waals surface area (Å²) in [6.45, 7) is 0.0809. The molecule has 0 spiro atoms. The number of β-amino-alcohol motifs (C(OH)–C–C–N with tert-alkyl or cyclic N) is 1. The minimum Gasteiger partial charge on any atom is -0.465 e. The van der Waals surface area contributed by atoms with Crippen LogP contribution in [0.4, 0.5) is 4.79 Å². The third-order valence-corrected chi connectivity index (χ3v) is 5.06. The van der Waals surface area contributed by atoms with Gasteiger partial charge in [-0.2, -0.15) is 0 Å². The number of nitrogens with zero attached hydrogens (tertiary/aromatic N) is 2. The van der Waals surface area contributed by atoms with E-state index in [4.69, 9.17) is 0 Å². The number of rotatable bonds is 3. The number of likely N-dealkylation sites (tertiary alicyclic amines) is 1. The largest absolute Gasteiger partial charge is 0.465 e. The first-order chi connectivity index (χ1) is 12.0. The van der Waals surface area contributed by atoms with Crippen molar-refractivity contribution in [3.8, 4) is 0 Å². The minimum atomic E-state index is -1.07.